The zero-order valence-electron chi connectivity index (χ0n) is 22.5. The lowest BCUT2D eigenvalue weighted by atomic mass is 9.96. The van der Waals surface area contributed by atoms with Crippen LogP contribution in [-0.2, 0) is 23.1 Å². The minimum Gasteiger partial charge on any atom is -0.505 e. The highest BCUT2D eigenvalue weighted by atomic mass is 35.5. The van der Waals surface area contributed by atoms with E-state index in [1.165, 1.54) is 12.2 Å². The van der Waals surface area contributed by atoms with Gasteiger partial charge in [0.05, 0.1) is 16.6 Å². The van der Waals surface area contributed by atoms with E-state index in [9.17, 15) is 40.3 Å². The van der Waals surface area contributed by atoms with Gasteiger partial charge in [-0.1, -0.05) is 65.7 Å². The van der Waals surface area contributed by atoms with Crippen molar-refractivity contribution in [3.8, 4) is 5.75 Å². The summed E-state index contributed by atoms with van der Waals surface area (Å²) >= 11 is 12.0. The van der Waals surface area contributed by atoms with Crippen LogP contribution in [-0.4, -0.2) is 36.6 Å². The highest BCUT2D eigenvalue weighted by molar-refractivity contribution is 7.89. The van der Waals surface area contributed by atoms with E-state index in [2.05, 4.69) is 10.6 Å². The number of nitrogens with zero attached hydrogens (tertiary/aromatic N) is 1. The lowest BCUT2D eigenvalue weighted by Crippen LogP contribution is -2.33. The molecule has 3 aromatic carbocycles. The van der Waals surface area contributed by atoms with Crippen LogP contribution in [0.1, 0.15) is 17.5 Å². The molecule has 1 unspecified atom stereocenters. The number of hydrogen-bond donors (Lipinski definition) is 3. The molecule has 1 aliphatic rings. The minimum atomic E-state index is -4.52. The Hall–Kier alpha value is -3.65. The first-order valence-electron chi connectivity index (χ1n) is 12.8. The van der Waals surface area contributed by atoms with E-state index < -0.39 is 50.4 Å². The molecule has 1 aliphatic carbocycles. The Kier molecular flexibility index (Phi) is 10.2. The third kappa shape index (κ3) is 8.29. The highest BCUT2D eigenvalue weighted by Crippen LogP contribution is 2.37. The Bertz CT molecular complexity index is 1730. The van der Waals surface area contributed by atoms with Crippen LogP contribution in [0.25, 0.3) is 0 Å². The Morgan fingerprint density at radius 2 is 1.75 bits per heavy atom. The van der Waals surface area contributed by atoms with Crippen molar-refractivity contribution in [3.63, 3.8) is 0 Å². The number of benzene rings is 3. The predicted molar refractivity (Wildman–Crippen MR) is 156 cm³/mol. The van der Waals surface area contributed by atoms with Crippen LogP contribution in [0.15, 0.2) is 83.3 Å². The van der Waals surface area contributed by atoms with Crippen molar-refractivity contribution < 1.29 is 40.3 Å². The lowest BCUT2D eigenvalue weighted by molar-refractivity contribution is -0.160. The number of aromatic hydroxyl groups is 1. The van der Waals surface area contributed by atoms with Crippen molar-refractivity contribution in [3.05, 3.63) is 111 Å². The van der Waals surface area contributed by atoms with E-state index >= 15 is 0 Å². The van der Waals surface area contributed by atoms with Gasteiger partial charge in [-0.3, -0.25) is 0 Å². The van der Waals surface area contributed by atoms with Crippen LogP contribution in [0.5, 0.6) is 5.75 Å². The molecule has 3 N–H and O–H groups in total. The third-order valence-corrected chi connectivity index (χ3v) is 8.86. The van der Waals surface area contributed by atoms with Gasteiger partial charge in [-0.05, 0) is 47.4 Å². The number of hydrogen-bond acceptors (Lipinski definition) is 4. The van der Waals surface area contributed by atoms with Crippen LogP contribution < -0.4 is 10.6 Å². The van der Waals surface area contributed by atoms with Gasteiger partial charge in [0, 0.05) is 30.7 Å². The van der Waals surface area contributed by atoms with E-state index in [4.69, 9.17) is 23.2 Å². The Balaban J connectivity index is 1.55. The molecule has 0 aromatic heterocycles. The van der Waals surface area contributed by atoms with Gasteiger partial charge < -0.3 is 15.7 Å². The monoisotopic (exact) mass is 675 g/mol. The zero-order valence-corrected chi connectivity index (χ0v) is 24.8. The van der Waals surface area contributed by atoms with Crippen LogP contribution in [0, 0.1) is 17.6 Å². The van der Waals surface area contributed by atoms with E-state index in [0.29, 0.717) is 22.8 Å². The molecule has 7 nitrogen and oxygen atoms in total. The maximum Gasteiger partial charge on any atom is 0.395 e. The fourth-order valence-electron chi connectivity index (χ4n) is 4.31. The van der Waals surface area contributed by atoms with Gasteiger partial charge in [-0.25, -0.2) is 22.0 Å². The summed E-state index contributed by atoms with van der Waals surface area (Å²) in [7, 11) is -4.52. The molecule has 0 spiro atoms. The van der Waals surface area contributed by atoms with Crippen LogP contribution in [0.2, 0.25) is 10.0 Å². The number of amides is 2. The van der Waals surface area contributed by atoms with Gasteiger partial charge in [-0.15, -0.1) is 0 Å². The molecule has 0 heterocycles. The first-order valence-corrected chi connectivity index (χ1v) is 15.0. The van der Waals surface area contributed by atoms with Crippen LogP contribution in [0.3, 0.4) is 0 Å². The third-order valence-electron chi connectivity index (χ3n) is 6.55. The number of nitrogens with one attached hydrogen (secondary N) is 2. The number of phenolic OH excluding ortho intramolecular Hbond substituents is 1. The standard InChI is InChI=1S/C29H24Cl2F5N3O4S/c30-21-11-23(31)27(40)26(12-21)44(42,43)39(15-17-4-6-20(7-5-17)29(34,35)36)16-19-3-1-2-18(10-19)14-37-28(41)38-25-9-8-22(32)13-24(25)33/h1-6,8-13,20,40H,7,14-16H2,(H2,37,38,41). The molecule has 0 aliphatic heterocycles. The van der Waals surface area contributed by atoms with Crippen molar-refractivity contribution >= 4 is 44.9 Å². The molecule has 2 amide bonds. The van der Waals surface area contributed by atoms with Crippen molar-refractivity contribution in [2.24, 2.45) is 5.92 Å². The molecule has 0 fully saturated rings. The zero-order chi connectivity index (χ0) is 32.2. The lowest BCUT2D eigenvalue weighted by Gasteiger charge is -2.26. The van der Waals surface area contributed by atoms with Crippen molar-refractivity contribution in [2.45, 2.75) is 30.6 Å². The summed E-state index contributed by atoms with van der Waals surface area (Å²) in [5.41, 5.74) is 1.01. The number of sulfonamides is 1. The average Bonchev–Trinajstić information content (AvgIpc) is 2.95. The summed E-state index contributed by atoms with van der Waals surface area (Å²) in [5.74, 6) is -4.22. The number of anilines is 1. The first-order chi connectivity index (χ1) is 20.6. The fraction of sp³-hybridized carbons (Fsp3) is 0.207. The molecule has 0 bridgehead atoms. The van der Waals surface area contributed by atoms with E-state index in [0.717, 1.165) is 34.6 Å². The van der Waals surface area contributed by atoms with Gasteiger partial charge in [0.15, 0.2) is 5.75 Å². The SMILES string of the molecule is O=C(NCc1cccc(CN(CC2=CCC(C(F)(F)F)C=C2)S(=O)(=O)c2cc(Cl)cc(Cl)c2O)c1)Nc1ccc(F)cc1F. The number of halogens is 7. The number of alkyl halides is 3. The second-order valence-corrected chi connectivity index (χ2v) is 12.5. The first kappa shape index (κ1) is 33.2. The van der Waals surface area contributed by atoms with Crippen LogP contribution in [0.4, 0.5) is 32.4 Å². The normalized spacial score (nSPS) is 15.3. The summed E-state index contributed by atoms with van der Waals surface area (Å²) < 4.78 is 94.9. The Morgan fingerprint density at radius 3 is 2.41 bits per heavy atom. The molecule has 0 saturated heterocycles. The molecule has 15 heteroatoms. The summed E-state index contributed by atoms with van der Waals surface area (Å²) in [5, 5.41) is 14.9. The smallest absolute Gasteiger partial charge is 0.395 e. The van der Waals surface area contributed by atoms with Crippen molar-refractivity contribution in [2.75, 3.05) is 11.9 Å². The van der Waals surface area contributed by atoms with E-state index in [-0.39, 0.29) is 41.8 Å². The number of allylic oxidation sites excluding steroid dienone is 2. The molecule has 44 heavy (non-hydrogen) atoms. The van der Waals surface area contributed by atoms with Crippen LogP contribution >= 0.6 is 23.2 Å². The molecule has 0 radical (unpaired) electrons. The molecule has 0 saturated carbocycles. The largest absolute Gasteiger partial charge is 0.505 e. The predicted octanol–water partition coefficient (Wildman–Crippen LogP) is 7.55. The molecule has 1 atom stereocenters. The average molecular weight is 676 g/mol. The van der Waals surface area contributed by atoms with Gasteiger partial charge in [0.25, 0.3) is 0 Å². The van der Waals surface area contributed by atoms with E-state index in [1.807, 2.05) is 0 Å². The van der Waals surface area contributed by atoms with E-state index in [1.54, 1.807) is 24.3 Å². The fourth-order valence-corrected chi connectivity index (χ4v) is 6.47. The number of rotatable bonds is 9. The molecule has 3 aromatic rings. The summed E-state index contributed by atoms with van der Waals surface area (Å²) in [6, 6.07) is 10.4. The highest BCUT2D eigenvalue weighted by Gasteiger charge is 2.38. The quantitative estimate of drug-likeness (QED) is 0.204. The van der Waals surface area contributed by atoms with Crippen molar-refractivity contribution in [1.29, 1.82) is 0 Å². The second-order valence-electron chi connectivity index (χ2n) is 9.78. The number of carbonyl (C=O) groups excluding carboxylic acids is 1. The Morgan fingerprint density at radius 1 is 1.02 bits per heavy atom. The van der Waals surface area contributed by atoms with Crippen molar-refractivity contribution in [1.82, 2.24) is 9.62 Å². The number of carbonyl (C=O) groups is 1. The topological polar surface area (TPSA) is 98.7 Å². The maximum atomic E-state index is 13.9. The van der Waals surface area contributed by atoms with Gasteiger partial charge >= 0.3 is 12.2 Å². The summed E-state index contributed by atoms with van der Waals surface area (Å²) in [6.07, 6.45) is -1.36. The molecular formula is C29H24Cl2F5N3O4S. The number of urea groups is 1. The molecule has 234 valence electrons. The minimum absolute atomic E-state index is 0.0628. The summed E-state index contributed by atoms with van der Waals surface area (Å²) in [4.78, 5) is 11.7. The molecule has 4 rings (SSSR count). The second kappa shape index (κ2) is 13.6. The Labute approximate surface area is 259 Å². The maximum absolute atomic E-state index is 13.9. The number of phenols is 1. The summed E-state index contributed by atoms with van der Waals surface area (Å²) in [6.45, 7) is -0.700. The molecular weight excluding hydrogens is 652 g/mol. The van der Waals surface area contributed by atoms with Gasteiger partial charge in [0.1, 0.15) is 16.5 Å². The van der Waals surface area contributed by atoms with Gasteiger partial charge in [0.2, 0.25) is 10.0 Å². The van der Waals surface area contributed by atoms with Gasteiger partial charge in [-0.2, -0.15) is 17.5 Å².